The number of aliphatic hydroxyl groups excluding tert-OH is 2. The Bertz CT molecular complexity index is 518. The molecule has 0 aliphatic rings. The summed E-state index contributed by atoms with van der Waals surface area (Å²) in [6.45, 7) is 0. The first-order valence-electron chi connectivity index (χ1n) is 4.42. The van der Waals surface area contributed by atoms with E-state index < -0.39 is 22.0 Å². The summed E-state index contributed by atoms with van der Waals surface area (Å²) in [6, 6.07) is 6.98. The zero-order chi connectivity index (χ0) is 12.3. The van der Waals surface area contributed by atoms with Gasteiger partial charge in [0.05, 0.1) is 11.0 Å². The van der Waals surface area contributed by atoms with Crippen LogP contribution >= 0.6 is 0 Å². The van der Waals surface area contributed by atoms with Crippen molar-refractivity contribution < 1.29 is 18.6 Å². The maximum absolute atomic E-state index is 11.2. The van der Waals surface area contributed by atoms with Gasteiger partial charge in [0.1, 0.15) is 6.10 Å². The molecule has 0 saturated heterocycles. The van der Waals surface area contributed by atoms with Crippen molar-refractivity contribution in [3.8, 4) is 6.07 Å². The number of nitrogens with zero attached hydrogens (tertiary/aromatic N) is 1. The molecular formula is C10H11NO4S. The molecule has 1 aromatic rings. The van der Waals surface area contributed by atoms with Crippen molar-refractivity contribution in [1.82, 2.24) is 0 Å². The molecule has 0 saturated carbocycles. The Labute approximate surface area is 93.5 Å². The SMILES string of the molecule is CS(=O)(=O)c1cccc(C(O)C(O)C#N)c1. The molecule has 0 fully saturated rings. The minimum Gasteiger partial charge on any atom is -0.385 e. The van der Waals surface area contributed by atoms with Crippen molar-refractivity contribution in [2.45, 2.75) is 17.1 Å². The fourth-order valence-corrected chi connectivity index (χ4v) is 1.86. The van der Waals surface area contributed by atoms with E-state index in [9.17, 15) is 13.5 Å². The van der Waals surface area contributed by atoms with Gasteiger partial charge in [0, 0.05) is 6.26 Å². The highest BCUT2D eigenvalue weighted by atomic mass is 32.2. The van der Waals surface area contributed by atoms with E-state index in [-0.39, 0.29) is 10.5 Å². The van der Waals surface area contributed by atoms with Gasteiger partial charge in [-0.15, -0.1) is 0 Å². The average molecular weight is 241 g/mol. The molecule has 0 heterocycles. The molecule has 16 heavy (non-hydrogen) atoms. The predicted molar refractivity (Wildman–Crippen MR) is 56.1 cm³/mol. The third kappa shape index (κ3) is 2.79. The van der Waals surface area contributed by atoms with E-state index in [1.165, 1.54) is 30.3 Å². The fourth-order valence-electron chi connectivity index (χ4n) is 1.18. The van der Waals surface area contributed by atoms with Gasteiger partial charge in [-0.05, 0) is 17.7 Å². The van der Waals surface area contributed by atoms with Gasteiger partial charge in [-0.25, -0.2) is 8.42 Å². The molecule has 0 radical (unpaired) electrons. The number of rotatable bonds is 3. The molecule has 6 heteroatoms. The molecule has 2 unspecified atom stereocenters. The minimum absolute atomic E-state index is 0.0363. The molecule has 0 spiro atoms. The maximum Gasteiger partial charge on any atom is 0.175 e. The number of hydrogen-bond donors (Lipinski definition) is 2. The Kier molecular flexibility index (Phi) is 3.65. The number of hydrogen-bond acceptors (Lipinski definition) is 5. The molecule has 2 atom stereocenters. The van der Waals surface area contributed by atoms with Crippen LogP contribution < -0.4 is 0 Å². The van der Waals surface area contributed by atoms with Gasteiger partial charge in [0.25, 0.3) is 0 Å². The van der Waals surface area contributed by atoms with Crippen LogP contribution in [0.15, 0.2) is 29.2 Å². The summed E-state index contributed by atoms with van der Waals surface area (Å²) < 4.78 is 22.5. The second-order valence-corrected chi connectivity index (χ2v) is 5.38. The second kappa shape index (κ2) is 4.61. The normalized spacial score (nSPS) is 15.1. The summed E-state index contributed by atoms with van der Waals surface area (Å²) in [7, 11) is -3.37. The molecule has 1 aromatic carbocycles. The molecule has 0 aromatic heterocycles. The van der Waals surface area contributed by atoms with E-state index in [4.69, 9.17) is 10.4 Å². The zero-order valence-electron chi connectivity index (χ0n) is 8.53. The first-order valence-corrected chi connectivity index (χ1v) is 6.31. The lowest BCUT2D eigenvalue weighted by atomic mass is 10.1. The van der Waals surface area contributed by atoms with Crippen molar-refractivity contribution in [2.24, 2.45) is 0 Å². The van der Waals surface area contributed by atoms with Crippen molar-refractivity contribution in [3.63, 3.8) is 0 Å². The average Bonchev–Trinajstić information content (AvgIpc) is 2.26. The van der Waals surface area contributed by atoms with E-state index in [0.717, 1.165) is 6.26 Å². The Morgan fingerprint density at radius 1 is 1.38 bits per heavy atom. The minimum atomic E-state index is -3.37. The number of nitriles is 1. The van der Waals surface area contributed by atoms with Crippen LogP contribution in [-0.4, -0.2) is 31.0 Å². The Balaban J connectivity index is 3.15. The summed E-state index contributed by atoms with van der Waals surface area (Å²) in [5.41, 5.74) is 0.192. The molecule has 86 valence electrons. The molecule has 0 amide bonds. The first kappa shape index (κ1) is 12.6. The van der Waals surface area contributed by atoms with Crippen LogP contribution in [0.3, 0.4) is 0 Å². The highest BCUT2D eigenvalue weighted by molar-refractivity contribution is 7.90. The highest BCUT2D eigenvalue weighted by Gasteiger charge is 2.19. The lowest BCUT2D eigenvalue weighted by molar-refractivity contribution is 0.0526. The summed E-state index contributed by atoms with van der Waals surface area (Å²) in [5.74, 6) is 0. The van der Waals surface area contributed by atoms with Gasteiger partial charge >= 0.3 is 0 Å². The van der Waals surface area contributed by atoms with Crippen LogP contribution in [0.1, 0.15) is 11.7 Å². The summed E-state index contributed by atoms with van der Waals surface area (Å²) in [6.07, 6.45) is -1.94. The van der Waals surface area contributed by atoms with E-state index in [0.29, 0.717) is 0 Å². The van der Waals surface area contributed by atoms with Crippen LogP contribution in [0.25, 0.3) is 0 Å². The third-order valence-electron chi connectivity index (χ3n) is 2.06. The monoisotopic (exact) mass is 241 g/mol. The summed E-state index contributed by atoms with van der Waals surface area (Å²) in [4.78, 5) is 0.0363. The van der Waals surface area contributed by atoms with Crippen molar-refractivity contribution in [1.29, 1.82) is 5.26 Å². The molecule has 0 aliphatic carbocycles. The first-order chi connectivity index (χ1) is 7.36. The molecule has 5 nitrogen and oxygen atoms in total. The third-order valence-corrected chi connectivity index (χ3v) is 3.17. The van der Waals surface area contributed by atoms with Crippen LogP contribution in [-0.2, 0) is 9.84 Å². The van der Waals surface area contributed by atoms with Gasteiger partial charge in [-0.2, -0.15) is 5.26 Å². The Hall–Kier alpha value is -1.42. The van der Waals surface area contributed by atoms with Crippen LogP contribution in [0.4, 0.5) is 0 Å². The van der Waals surface area contributed by atoms with E-state index >= 15 is 0 Å². The maximum atomic E-state index is 11.2. The smallest absolute Gasteiger partial charge is 0.175 e. The topological polar surface area (TPSA) is 98.4 Å². The molecule has 1 rings (SSSR count). The Morgan fingerprint density at radius 3 is 2.50 bits per heavy atom. The molecular weight excluding hydrogens is 230 g/mol. The summed E-state index contributed by atoms with van der Waals surface area (Å²) >= 11 is 0. The predicted octanol–water partition coefficient (Wildman–Crippen LogP) is 0.00798. The lowest BCUT2D eigenvalue weighted by Gasteiger charge is -2.12. The van der Waals surface area contributed by atoms with Gasteiger partial charge in [0.15, 0.2) is 15.9 Å². The van der Waals surface area contributed by atoms with E-state index in [2.05, 4.69) is 0 Å². The van der Waals surface area contributed by atoms with Gasteiger partial charge in [-0.3, -0.25) is 0 Å². The lowest BCUT2D eigenvalue weighted by Crippen LogP contribution is -2.16. The number of benzene rings is 1. The molecule has 0 aliphatic heterocycles. The number of sulfone groups is 1. The zero-order valence-corrected chi connectivity index (χ0v) is 9.35. The van der Waals surface area contributed by atoms with Gasteiger partial charge in [-0.1, -0.05) is 12.1 Å². The van der Waals surface area contributed by atoms with Gasteiger partial charge in [0.2, 0.25) is 0 Å². The van der Waals surface area contributed by atoms with Crippen LogP contribution in [0, 0.1) is 11.3 Å². The standard InChI is InChI=1S/C10H11NO4S/c1-16(14,15)8-4-2-3-7(5-8)10(13)9(12)6-11/h2-5,9-10,12-13H,1H3. The highest BCUT2D eigenvalue weighted by Crippen LogP contribution is 2.20. The summed E-state index contributed by atoms with van der Waals surface area (Å²) in [5, 5.41) is 27.0. The quantitative estimate of drug-likeness (QED) is 0.726. The van der Waals surface area contributed by atoms with Crippen LogP contribution in [0.5, 0.6) is 0 Å². The number of aliphatic hydroxyl groups is 2. The molecule has 2 N–H and O–H groups in total. The largest absolute Gasteiger partial charge is 0.385 e. The van der Waals surface area contributed by atoms with Crippen molar-refractivity contribution >= 4 is 9.84 Å². The second-order valence-electron chi connectivity index (χ2n) is 3.36. The Morgan fingerprint density at radius 2 is 2.00 bits per heavy atom. The van der Waals surface area contributed by atoms with Crippen LogP contribution in [0.2, 0.25) is 0 Å². The van der Waals surface area contributed by atoms with Crippen molar-refractivity contribution in [2.75, 3.05) is 6.26 Å². The van der Waals surface area contributed by atoms with E-state index in [1.54, 1.807) is 0 Å². The van der Waals surface area contributed by atoms with Crippen molar-refractivity contribution in [3.05, 3.63) is 29.8 Å². The molecule has 0 bridgehead atoms. The van der Waals surface area contributed by atoms with E-state index in [1.807, 2.05) is 0 Å². The van der Waals surface area contributed by atoms with Gasteiger partial charge < -0.3 is 10.2 Å². The fraction of sp³-hybridized carbons (Fsp3) is 0.300.